The Bertz CT molecular complexity index is 681. The van der Waals surface area contributed by atoms with Crippen molar-refractivity contribution in [2.45, 2.75) is 85.7 Å². The molecule has 0 N–H and O–H groups in total. The van der Waals surface area contributed by atoms with Crippen molar-refractivity contribution in [2.75, 3.05) is 0 Å². The SMILES string of the molecule is CC(C)(C)CC(C)(C)c1cc(Cl)c(O[Si](C)(C)C)c(/C=N/O[Si](C)(C)C)c1. The van der Waals surface area contributed by atoms with Crippen molar-refractivity contribution in [3.8, 4) is 5.75 Å². The van der Waals surface area contributed by atoms with Gasteiger partial charge in [-0.15, -0.1) is 5.16 Å². The lowest BCUT2D eigenvalue weighted by atomic mass is 9.72. The Morgan fingerprint density at radius 1 is 0.963 bits per heavy atom. The molecule has 0 aromatic heterocycles. The van der Waals surface area contributed by atoms with Crippen LogP contribution in [0.5, 0.6) is 5.75 Å². The Morgan fingerprint density at radius 2 is 1.52 bits per heavy atom. The highest BCUT2D eigenvalue weighted by molar-refractivity contribution is 6.70. The summed E-state index contributed by atoms with van der Waals surface area (Å²) in [7, 11) is -3.55. The largest absolute Gasteiger partial charge is 0.543 e. The third-order valence-corrected chi connectivity index (χ3v) is 5.50. The molecule has 0 atom stereocenters. The minimum Gasteiger partial charge on any atom is -0.543 e. The van der Waals surface area contributed by atoms with Crippen molar-refractivity contribution in [3.05, 3.63) is 28.3 Å². The molecular formula is C21H38ClNO2Si2. The van der Waals surface area contributed by atoms with E-state index in [1.165, 1.54) is 5.56 Å². The van der Waals surface area contributed by atoms with Gasteiger partial charge in [0.1, 0.15) is 5.75 Å². The summed E-state index contributed by atoms with van der Waals surface area (Å²) in [4.78, 5) is 0. The third kappa shape index (κ3) is 8.84. The van der Waals surface area contributed by atoms with E-state index in [2.05, 4.69) is 91.2 Å². The number of halogens is 1. The number of hydrogen-bond acceptors (Lipinski definition) is 3. The van der Waals surface area contributed by atoms with Gasteiger partial charge in [0.05, 0.1) is 11.2 Å². The maximum atomic E-state index is 6.69. The van der Waals surface area contributed by atoms with Crippen LogP contribution in [0, 0.1) is 5.41 Å². The van der Waals surface area contributed by atoms with Crippen molar-refractivity contribution < 1.29 is 8.95 Å². The molecule has 27 heavy (non-hydrogen) atoms. The quantitative estimate of drug-likeness (QED) is 0.257. The summed E-state index contributed by atoms with van der Waals surface area (Å²) in [6.07, 6.45) is 2.81. The van der Waals surface area contributed by atoms with E-state index in [0.717, 1.165) is 12.0 Å². The summed E-state index contributed by atoms with van der Waals surface area (Å²) in [5, 5.41) is 4.90. The average molecular weight is 428 g/mol. The molecule has 0 amide bonds. The summed E-state index contributed by atoms with van der Waals surface area (Å²) in [6, 6.07) is 4.21. The highest BCUT2D eigenvalue weighted by Gasteiger charge is 2.29. The van der Waals surface area contributed by atoms with Gasteiger partial charge in [-0.3, -0.25) is 0 Å². The molecule has 0 saturated heterocycles. The summed E-state index contributed by atoms with van der Waals surface area (Å²) in [6.45, 7) is 24.1. The van der Waals surface area contributed by atoms with E-state index in [1.807, 2.05) is 0 Å². The molecule has 6 heteroatoms. The monoisotopic (exact) mass is 427 g/mol. The predicted octanol–water partition coefficient (Wildman–Crippen LogP) is 7.45. The topological polar surface area (TPSA) is 30.8 Å². The first-order valence-electron chi connectivity index (χ1n) is 9.64. The van der Waals surface area contributed by atoms with Crippen LogP contribution in [-0.2, 0) is 9.94 Å². The van der Waals surface area contributed by atoms with Crippen LogP contribution in [0.3, 0.4) is 0 Å². The Balaban J connectivity index is 3.42. The van der Waals surface area contributed by atoms with Gasteiger partial charge < -0.3 is 8.95 Å². The van der Waals surface area contributed by atoms with E-state index in [4.69, 9.17) is 20.6 Å². The lowest BCUT2D eigenvalue weighted by Gasteiger charge is -2.34. The molecule has 1 aromatic carbocycles. The molecule has 0 saturated carbocycles. The molecule has 1 rings (SSSR count). The van der Waals surface area contributed by atoms with Crippen molar-refractivity contribution in [2.24, 2.45) is 10.6 Å². The first-order valence-corrected chi connectivity index (χ1v) is 16.8. The van der Waals surface area contributed by atoms with Gasteiger partial charge in [0.25, 0.3) is 8.32 Å². The average Bonchev–Trinajstić information content (AvgIpc) is 2.36. The molecule has 0 aliphatic heterocycles. The fraction of sp³-hybridized carbons (Fsp3) is 0.667. The normalized spacial score (nSPS) is 13.9. The van der Waals surface area contributed by atoms with Crippen LogP contribution in [0.15, 0.2) is 17.3 Å². The zero-order valence-corrected chi connectivity index (χ0v) is 21.8. The zero-order chi connectivity index (χ0) is 21.3. The first kappa shape index (κ1) is 24.3. The summed E-state index contributed by atoms with van der Waals surface area (Å²) in [5.41, 5.74) is 2.29. The number of hydrogen-bond donors (Lipinski definition) is 0. The molecule has 0 heterocycles. The zero-order valence-electron chi connectivity index (χ0n) is 19.1. The van der Waals surface area contributed by atoms with Gasteiger partial charge in [0.2, 0.25) is 8.32 Å². The van der Waals surface area contributed by atoms with Crippen LogP contribution in [-0.4, -0.2) is 22.8 Å². The molecule has 0 aliphatic rings. The minimum absolute atomic E-state index is 0.0121. The second-order valence-corrected chi connectivity index (χ2v) is 20.4. The van der Waals surface area contributed by atoms with E-state index in [-0.39, 0.29) is 10.8 Å². The first-order chi connectivity index (χ1) is 11.9. The van der Waals surface area contributed by atoms with Gasteiger partial charge in [0, 0.05) is 5.56 Å². The second kappa shape index (κ2) is 8.30. The highest BCUT2D eigenvalue weighted by atomic mass is 35.5. The van der Waals surface area contributed by atoms with Gasteiger partial charge in [-0.25, -0.2) is 0 Å². The number of oxime groups is 1. The van der Waals surface area contributed by atoms with Gasteiger partial charge in [0.15, 0.2) is 0 Å². The fourth-order valence-corrected chi connectivity index (χ4v) is 4.72. The minimum atomic E-state index is -1.82. The van der Waals surface area contributed by atoms with Crippen LogP contribution >= 0.6 is 11.6 Å². The Labute approximate surface area is 173 Å². The smallest absolute Gasteiger partial charge is 0.278 e. The van der Waals surface area contributed by atoms with Crippen LogP contribution < -0.4 is 4.43 Å². The standard InChI is InChI=1S/C21H38ClNO2Si2/c1-20(2,3)15-21(4,5)17-12-16(14-23-25-27(9,10)11)19(18(22)13-17)24-26(6,7)8/h12-14H,15H2,1-11H3/b23-14+. The van der Waals surface area contributed by atoms with Crippen LogP contribution in [0.2, 0.25) is 44.3 Å². The molecule has 0 spiro atoms. The maximum absolute atomic E-state index is 6.69. The maximum Gasteiger partial charge on any atom is 0.278 e. The Morgan fingerprint density at radius 3 is 1.96 bits per heavy atom. The second-order valence-electron chi connectivity index (χ2n) is 11.2. The third-order valence-electron chi connectivity index (χ3n) is 3.75. The molecule has 0 aliphatic carbocycles. The molecule has 154 valence electrons. The number of nitrogens with zero attached hydrogens (tertiary/aromatic N) is 1. The van der Waals surface area contributed by atoms with Gasteiger partial charge in [-0.2, -0.15) is 0 Å². The lowest BCUT2D eigenvalue weighted by molar-refractivity contribution is 0.284. The summed E-state index contributed by atoms with van der Waals surface area (Å²) >= 11 is 6.69. The van der Waals surface area contributed by atoms with Crippen molar-refractivity contribution >= 4 is 34.5 Å². The van der Waals surface area contributed by atoms with Crippen molar-refractivity contribution in [1.82, 2.24) is 0 Å². The molecule has 0 fully saturated rings. The molecule has 3 nitrogen and oxygen atoms in total. The molecule has 1 aromatic rings. The lowest BCUT2D eigenvalue weighted by Crippen LogP contribution is -2.30. The van der Waals surface area contributed by atoms with E-state index >= 15 is 0 Å². The Hall–Kier alpha value is -0.786. The van der Waals surface area contributed by atoms with Gasteiger partial charge in [-0.05, 0) is 74.2 Å². The predicted molar refractivity (Wildman–Crippen MR) is 125 cm³/mol. The van der Waals surface area contributed by atoms with Crippen LogP contribution in [0.1, 0.15) is 52.2 Å². The number of benzene rings is 1. The van der Waals surface area contributed by atoms with Crippen LogP contribution in [0.25, 0.3) is 0 Å². The molecule has 0 bridgehead atoms. The number of rotatable bonds is 7. The van der Waals surface area contributed by atoms with E-state index < -0.39 is 16.6 Å². The summed E-state index contributed by atoms with van der Waals surface area (Å²) < 4.78 is 12.0. The van der Waals surface area contributed by atoms with Gasteiger partial charge in [-0.1, -0.05) is 46.2 Å². The summed E-state index contributed by atoms with van der Waals surface area (Å²) in [5.74, 6) is 0.717. The fourth-order valence-electron chi connectivity index (χ4n) is 3.18. The van der Waals surface area contributed by atoms with E-state index in [9.17, 15) is 0 Å². The molecule has 0 radical (unpaired) electrons. The van der Waals surface area contributed by atoms with Crippen LogP contribution in [0.4, 0.5) is 0 Å². The molecular weight excluding hydrogens is 390 g/mol. The highest BCUT2D eigenvalue weighted by Crippen LogP contribution is 2.40. The van der Waals surface area contributed by atoms with E-state index in [0.29, 0.717) is 10.8 Å². The van der Waals surface area contributed by atoms with Gasteiger partial charge >= 0.3 is 0 Å². The van der Waals surface area contributed by atoms with Crippen molar-refractivity contribution in [1.29, 1.82) is 0 Å². The van der Waals surface area contributed by atoms with Crippen molar-refractivity contribution in [3.63, 3.8) is 0 Å². The van der Waals surface area contributed by atoms with E-state index in [1.54, 1.807) is 6.21 Å². The Kier molecular flexibility index (Phi) is 7.45. The molecule has 0 unspecified atom stereocenters.